The maximum atomic E-state index is 10.9. The van der Waals surface area contributed by atoms with E-state index in [-0.39, 0.29) is 11.8 Å². The van der Waals surface area contributed by atoms with Gasteiger partial charge in [-0.15, -0.1) is 10.2 Å². The molecule has 0 aliphatic heterocycles. The fourth-order valence-corrected chi connectivity index (χ4v) is 2.59. The molecule has 0 bridgehead atoms. The molecule has 1 saturated carbocycles. The molecule has 104 valence electrons. The van der Waals surface area contributed by atoms with Crippen molar-refractivity contribution in [2.75, 3.05) is 0 Å². The Morgan fingerprint density at radius 2 is 2.05 bits per heavy atom. The molecule has 0 aromatic carbocycles. The maximum absolute atomic E-state index is 10.9. The standard InChI is InChI=1S/C14H15N3O3/c18-14(19)10-5-3-9(4-6-10)12-16-17-13(20-12)11-2-1-7-15-8-11/h1-2,7-10H,3-6H2,(H,18,19). The van der Waals surface area contributed by atoms with Crippen LogP contribution < -0.4 is 0 Å². The fourth-order valence-electron chi connectivity index (χ4n) is 2.59. The van der Waals surface area contributed by atoms with E-state index in [1.54, 1.807) is 12.4 Å². The molecule has 0 amide bonds. The summed E-state index contributed by atoms with van der Waals surface area (Å²) in [4.78, 5) is 14.9. The van der Waals surface area contributed by atoms with Crippen LogP contribution >= 0.6 is 0 Å². The molecule has 0 saturated heterocycles. The van der Waals surface area contributed by atoms with Gasteiger partial charge in [-0.2, -0.15) is 0 Å². The Balaban J connectivity index is 1.71. The number of aliphatic carboxylic acids is 1. The van der Waals surface area contributed by atoms with Crippen molar-refractivity contribution < 1.29 is 14.3 Å². The third-order valence-corrected chi connectivity index (χ3v) is 3.77. The number of carboxylic acids is 1. The van der Waals surface area contributed by atoms with Gasteiger partial charge in [0.25, 0.3) is 0 Å². The summed E-state index contributed by atoms with van der Waals surface area (Å²) in [5.74, 6) is 0.307. The van der Waals surface area contributed by atoms with Gasteiger partial charge < -0.3 is 9.52 Å². The minimum Gasteiger partial charge on any atom is -0.481 e. The Hall–Kier alpha value is -2.24. The molecule has 1 fully saturated rings. The number of nitrogens with zero attached hydrogens (tertiary/aromatic N) is 3. The van der Waals surface area contributed by atoms with Crippen LogP contribution in [0.4, 0.5) is 0 Å². The Bertz CT molecular complexity index is 589. The molecule has 1 aliphatic rings. The largest absolute Gasteiger partial charge is 0.481 e. The van der Waals surface area contributed by atoms with E-state index >= 15 is 0 Å². The topological polar surface area (TPSA) is 89.1 Å². The third-order valence-electron chi connectivity index (χ3n) is 3.77. The molecule has 3 rings (SSSR count). The highest BCUT2D eigenvalue weighted by atomic mass is 16.4. The molecule has 0 radical (unpaired) electrons. The quantitative estimate of drug-likeness (QED) is 0.924. The number of hydrogen-bond donors (Lipinski definition) is 1. The molecule has 6 heteroatoms. The molecule has 1 N–H and O–H groups in total. The second kappa shape index (κ2) is 5.40. The van der Waals surface area contributed by atoms with Gasteiger partial charge in [0.15, 0.2) is 0 Å². The molecule has 0 atom stereocenters. The first-order chi connectivity index (χ1) is 9.74. The van der Waals surface area contributed by atoms with Gasteiger partial charge in [-0.1, -0.05) is 0 Å². The van der Waals surface area contributed by atoms with E-state index in [4.69, 9.17) is 9.52 Å². The van der Waals surface area contributed by atoms with Crippen molar-refractivity contribution in [3.05, 3.63) is 30.4 Å². The second-order valence-electron chi connectivity index (χ2n) is 5.07. The third kappa shape index (κ3) is 2.54. The van der Waals surface area contributed by atoms with Crippen LogP contribution in [0.25, 0.3) is 11.5 Å². The van der Waals surface area contributed by atoms with Gasteiger partial charge in [-0.25, -0.2) is 0 Å². The number of rotatable bonds is 3. The molecular weight excluding hydrogens is 258 g/mol. The van der Waals surface area contributed by atoms with E-state index in [0.717, 1.165) is 18.4 Å². The van der Waals surface area contributed by atoms with Crippen LogP contribution in [0.1, 0.15) is 37.5 Å². The van der Waals surface area contributed by atoms with E-state index in [1.165, 1.54) is 0 Å². The molecule has 0 unspecified atom stereocenters. The monoisotopic (exact) mass is 273 g/mol. The Labute approximate surface area is 115 Å². The first-order valence-corrected chi connectivity index (χ1v) is 6.70. The minimum absolute atomic E-state index is 0.170. The predicted molar refractivity (Wildman–Crippen MR) is 69.9 cm³/mol. The number of pyridine rings is 1. The second-order valence-corrected chi connectivity index (χ2v) is 5.07. The van der Waals surface area contributed by atoms with E-state index in [2.05, 4.69) is 15.2 Å². The minimum atomic E-state index is -0.704. The van der Waals surface area contributed by atoms with E-state index < -0.39 is 5.97 Å². The molecular formula is C14H15N3O3. The highest BCUT2D eigenvalue weighted by Gasteiger charge is 2.29. The fraction of sp³-hybridized carbons (Fsp3) is 0.429. The van der Waals surface area contributed by atoms with Crippen molar-refractivity contribution in [1.29, 1.82) is 0 Å². The number of carboxylic acid groups (broad SMARTS) is 1. The van der Waals surface area contributed by atoms with Gasteiger partial charge in [0.1, 0.15) is 0 Å². The number of hydrogen-bond acceptors (Lipinski definition) is 5. The molecule has 2 heterocycles. The highest BCUT2D eigenvalue weighted by molar-refractivity contribution is 5.70. The Morgan fingerprint density at radius 1 is 1.25 bits per heavy atom. The van der Waals surface area contributed by atoms with Gasteiger partial charge >= 0.3 is 5.97 Å². The zero-order chi connectivity index (χ0) is 13.9. The van der Waals surface area contributed by atoms with Crippen LogP contribution in [0.3, 0.4) is 0 Å². The Morgan fingerprint density at radius 3 is 2.70 bits per heavy atom. The summed E-state index contributed by atoms with van der Waals surface area (Å²) >= 11 is 0. The zero-order valence-corrected chi connectivity index (χ0v) is 10.9. The van der Waals surface area contributed by atoms with Crippen molar-refractivity contribution >= 4 is 5.97 Å². The van der Waals surface area contributed by atoms with Crippen molar-refractivity contribution in [3.8, 4) is 11.5 Å². The van der Waals surface area contributed by atoms with E-state index in [9.17, 15) is 4.79 Å². The first-order valence-electron chi connectivity index (χ1n) is 6.70. The average Bonchev–Trinajstić information content (AvgIpc) is 2.98. The maximum Gasteiger partial charge on any atom is 0.306 e. The van der Waals surface area contributed by atoms with Gasteiger partial charge in [-0.3, -0.25) is 9.78 Å². The summed E-state index contributed by atoms with van der Waals surface area (Å²) in [7, 11) is 0. The summed E-state index contributed by atoms with van der Waals surface area (Å²) in [6.07, 6.45) is 6.28. The summed E-state index contributed by atoms with van der Waals surface area (Å²) in [5, 5.41) is 17.1. The summed E-state index contributed by atoms with van der Waals surface area (Å²) < 4.78 is 5.70. The molecule has 2 aromatic heterocycles. The molecule has 2 aromatic rings. The van der Waals surface area contributed by atoms with Crippen molar-refractivity contribution in [1.82, 2.24) is 15.2 Å². The first kappa shape index (κ1) is 12.8. The van der Waals surface area contributed by atoms with Crippen LogP contribution in [0.5, 0.6) is 0 Å². The predicted octanol–water partition coefficient (Wildman–Crippen LogP) is 2.49. The van der Waals surface area contributed by atoms with Crippen LogP contribution in [0, 0.1) is 5.92 Å². The van der Waals surface area contributed by atoms with Crippen LogP contribution in [0.15, 0.2) is 28.9 Å². The van der Waals surface area contributed by atoms with Gasteiger partial charge in [0, 0.05) is 18.3 Å². The lowest BCUT2D eigenvalue weighted by Gasteiger charge is -2.23. The summed E-state index contributed by atoms with van der Waals surface area (Å²) in [5.41, 5.74) is 0.797. The van der Waals surface area contributed by atoms with Crippen LogP contribution in [-0.4, -0.2) is 26.3 Å². The van der Waals surface area contributed by atoms with Crippen molar-refractivity contribution in [3.63, 3.8) is 0 Å². The van der Waals surface area contributed by atoms with E-state index in [0.29, 0.717) is 24.6 Å². The molecule has 1 aliphatic carbocycles. The smallest absolute Gasteiger partial charge is 0.306 e. The van der Waals surface area contributed by atoms with Crippen molar-refractivity contribution in [2.45, 2.75) is 31.6 Å². The molecule has 0 spiro atoms. The SMILES string of the molecule is O=C(O)C1CCC(c2nnc(-c3cccnc3)o2)CC1. The normalized spacial score (nSPS) is 22.6. The lowest BCUT2D eigenvalue weighted by molar-refractivity contribution is -0.142. The van der Waals surface area contributed by atoms with Gasteiger partial charge in [0.05, 0.1) is 11.5 Å². The summed E-state index contributed by atoms with van der Waals surface area (Å²) in [6, 6.07) is 3.68. The highest BCUT2D eigenvalue weighted by Crippen LogP contribution is 2.35. The number of carbonyl (C=O) groups is 1. The zero-order valence-electron chi connectivity index (χ0n) is 10.9. The van der Waals surface area contributed by atoms with Crippen molar-refractivity contribution in [2.24, 2.45) is 5.92 Å². The molecule has 20 heavy (non-hydrogen) atoms. The van der Waals surface area contributed by atoms with Gasteiger partial charge in [0.2, 0.25) is 11.8 Å². The Kier molecular flexibility index (Phi) is 3.45. The van der Waals surface area contributed by atoms with Crippen LogP contribution in [0.2, 0.25) is 0 Å². The lowest BCUT2D eigenvalue weighted by atomic mass is 9.82. The molecule has 6 nitrogen and oxygen atoms in total. The average molecular weight is 273 g/mol. The summed E-state index contributed by atoms with van der Waals surface area (Å²) in [6.45, 7) is 0. The van der Waals surface area contributed by atoms with Crippen LogP contribution in [-0.2, 0) is 4.79 Å². The van der Waals surface area contributed by atoms with E-state index in [1.807, 2.05) is 12.1 Å². The lowest BCUT2D eigenvalue weighted by Crippen LogP contribution is -2.20. The van der Waals surface area contributed by atoms with Gasteiger partial charge in [-0.05, 0) is 37.8 Å². The number of aromatic nitrogens is 3.